The fraction of sp³-hybridized carbons (Fsp3) is 1.00. The lowest BCUT2D eigenvalue weighted by Gasteiger charge is -2.32. The Labute approximate surface area is 107 Å². The van der Waals surface area contributed by atoms with Gasteiger partial charge in [-0.05, 0) is 51.1 Å². The molecule has 0 heterocycles. The van der Waals surface area contributed by atoms with E-state index >= 15 is 0 Å². The minimum Gasteiger partial charge on any atom is -0.390 e. The summed E-state index contributed by atoms with van der Waals surface area (Å²) in [6.07, 6.45) is 8.66. The number of aliphatic hydroxyl groups is 1. The first-order valence-corrected chi connectivity index (χ1v) is 7.45. The third-order valence-electron chi connectivity index (χ3n) is 4.10. The van der Waals surface area contributed by atoms with Crippen LogP contribution in [0.4, 0.5) is 0 Å². The third kappa shape index (κ3) is 5.87. The molecule has 0 saturated heterocycles. The molecule has 2 nitrogen and oxygen atoms in total. The van der Waals surface area contributed by atoms with Crippen molar-refractivity contribution in [3.8, 4) is 0 Å². The van der Waals surface area contributed by atoms with Crippen LogP contribution in [-0.2, 0) is 0 Å². The van der Waals surface area contributed by atoms with Crippen LogP contribution in [0.25, 0.3) is 0 Å². The highest BCUT2D eigenvalue weighted by Gasteiger charge is 2.31. The maximum Gasteiger partial charge on any atom is 0.0659 e. The van der Waals surface area contributed by atoms with Gasteiger partial charge in [-0.15, -0.1) is 0 Å². The van der Waals surface area contributed by atoms with Crippen molar-refractivity contribution in [3.63, 3.8) is 0 Å². The van der Waals surface area contributed by atoms with Gasteiger partial charge in [-0.2, -0.15) is 0 Å². The summed E-state index contributed by atoms with van der Waals surface area (Å²) in [4.78, 5) is 0. The zero-order chi connectivity index (χ0) is 12.7. The van der Waals surface area contributed by atoms with Gasteiger partial charge >= 0.3 is 0 Å². The van der Waals surface area contributed by atoms with Crippen molar-refractivity contribution in [3.05, 3.63) is 0 Å². The van der Waals surface area contributed by atoms with Crippen LogP contribution in [0.15, 0.2) is 0 Å². The van der Waals surface area contributed by atoms with Gasteiger partial charge in [0.1, 0.15) is 0 Å². The highest BCUT2D eigenvalue weighted by Crippen LogP contribution is 2.33. The number of rotatable bonds is 6. The molecule has 0 bridgehead atoms. The second-order valence-electron chi connectivity index (χ2n) is 6.39. The molecule has 0 spiro atoms. The quantitative estimate of drug-likeness (QED) is 0.552. The Kier molecular flexibility index (Phi) is 6.50. The van der Waals surface area contributed by atoms with Gasteiger partial charge in [0, 0.05) is 0 Å². The Morgan fingerprint density at radius 1 is 1.18 bits per heavy atom. The van der Waals surface area contributed by atoms with E-state index in [4.69, 9.17) is 0 Å². The molecular weight excluding hydrogens is 210 g/mol. The van der Waals surface area contributed by atoms with Crippen LogP contribution < -0.4 is 5.32 Å². The van der Waals surface area contributed by atoms with Crippen molar-refractivity contribution >= 4 is 0 Å². The van der Waals surface area contributed by atoms with Crippen LogP contribution in [0, 0.1) is 11.8 Å². The largest absolute Gasteiger partial charge is 0.390 e. The maximum absolute atomic E-state index is 10.6. The van der Waals surface area contributed by atoms with Gasteiger partial charge in [0.25, 0.3) is 0 Å². The molecule has 2 heteroatoms. The van der Waals surface area contributed by atoms with E-state index in [0.717, 1.165) is 19.5 Å². The Morgan fingerprint density at radius 2 is 1.76 bits per heavy atom. The molecule has 1 rings (SSSR count). The molecule has 1 fully saturated rings. The summed E-state index contributed by atoms with van der Waals surface area (Å²) in [5, 5.41) is 14.0. The predicted octanol–water partition coefficient (Wildman–Crippen LogP) is 3.34. The first-order valence-electron chi connectivity index (χ1n) is 7.45. The van der Waals surface area contributed by atoms with Gasteiger partial charge < -0.3 is 10.4 Å². The van der Waals surface area contributed by atoms with Crippen molar-refractivity contribution in [2.45, 2.75) is 71.3 Å². The molecule has 0 aromatic rings. The summed E-state index contributed by atoms with van der Waals surface area (Å²) >= 11 is 0. The molecule has 1 atom stereocenters. The zero-order valence-corrected chi connectivity index (χ0v) is 12.0. The van der Waals surface area contributed by atoms with Crippen molar-refractivity contribution in [1.29, 1.82) is 0 Å². The SMILES string of the molecule is CC(C)CNCCC(C)(O)C1CCCCCC1. The second kappa shape index (κ2) is 7.38. The summed E-state index contributed by atoms with van der Waals surface area (Å²) in [6, 6.07) is 0. The van der Waals surface area contributed by atoms with Gasteiger partial charge in [0.05, 0.1) is 5.60 Å². The monoisotopic (exact) mass is 241 g/mol. The lowest BCUT2D eigenvalue weighted by molar-refractivity contribution is -0.0146. The molecule has 0 radical (unpaired) electrons. The second-order valence-corrected chi connectivity index (χ2v) is 6.39. The molecule has 1 aliphatic carbocycles. The fourth-order valence-electron chi connectivity index (χ4n) is 2.84. The lowest BCUT2D eigenvalue weighted by atomic mass is 9.81. The van der Waals surface area contributed by atoms with Crippen LogP contribution in [0.5, 0.6) is 0 Å². The van der Waals surface area contributed by atoms with Crippen molar-refractivity contribution < 1.29 is 5.11 Å². The van der Waals surface area contributed by atoms with E-state index < -0.39 is 5.60 Å². The molecule has 0 aromatic heterocycles. The van der Waals surface area contributed by atoms with Crippen LogP contribution in [0.3, 0.4) is 0 Å². The molecule has 1 unspecified atom stereocenters. The molecule has 102 valence electrons. The van der Waals surface area contributed by atoms with E-state index in [1.807, 2.05) is 6.92 Å². The van der Waals surface area contributed by atoms with Crippen LogP contribution >= 0.6 is 0 Å². The van der Waals surface area contributed by atoms with Gasteiger partial charge in [-0.3, -0.25) is 0 Å². The first kappa shape index (κ1) is 15.0. The number of hydrogen-bond donors (Lipinski definition) is 2. The minimum atomic E-state index is -0.464. The van der Waals surface area contributed by atoms with Crippen LogP contribution in [0.1, 0.15) is 65.7 Å². The van der Waals surface area contributed by atoms with Gasteiger partial charge in [-0.1, -0.05) is 39.5 Å². The van der Waals surface area contributed by atoms with Crippen molar-refractivity contribution in [2.24, 2.45) is 11.8 Å². The molecule has 2 N–H and O–H groups in total. The Balaban J connectivity index is 2.27. The van der Waals surface area contributed by atoms with Crippen molar-refractivity contribution in [1.82, 2.24) is 5.32 Å². The highest BCUT2D eigenvalue weighted by atomic mass is 16.3. The molecule has 0 aromatic carbocycles. The van der Waals surface area contributed by atoms with E-state index in [0.29, 0.717) is 11.8 Å². The van der Waals surface area contributed by atoms with Crippen molar-refractivity contribution in [2.75, 3.05) is 13.1 Å². The first-order chi connectivity index (χ1) is 8.02. The van der Waals surface area contributed by atoms with E-state index in [9.17, 15) is 5.11 Å². The standard InChI is InChI=1S/C15H31NO/c1-13(2)12-16-11-10-15(3,17)14-8-6-4-5-7-9-14/h13-14,16-17H,4-12H2,1-3H3. The summed E-state index contributed by atoms with van der Waals surface area (Å²) in [5.41, 5.74) is -0.464. The summed E-state index contributed by atoms with van der Waals surface area (Å²) in [5.74, 6) is 1.21. The molecular formula is C15H31NO. The predicted molar refractivity (Wildman–Crippen MR) is 74.1 cm³/mol. The Bertz CT molecular complexity index is 193. The average molecular weight is 241 g/mol. The minimum absolute atomic E-state index is 0.464. The van der Waals surface area contributed by atoms with Crippen LogP contribution in [0.2, 0.25) is 0 Å². The topological polar surface area (TPSA) is 32.3 Å². The normalized spacial score (nSPS) is 22.4. The summed E-state index contributed by atoms with van der Waals surface area (Å²) in [6.45, 7) is 8.48. The summed E-state index contributed by atoms with van der Waals surface area (Å²) in [7, 11) is 0. The molecule has 17 heavy (non-hydrogen) atoms. The van der Waals surface area contributed by atoms with E-state index in [1.165, 1.54) is 38.5 Å². The van der Waals surface area contributed by atoms with Gasteiger partial charge in [0.2, 0.25) is 0 Å². The molecule has 1 aliphatic rings. The van der Waals surface area contributed by atoms with Gasteiger partial charge in [0.15, 0.2) is 0 Å². The summed E-state index contributed by atoms with van der Waals surface area (Å²) < 4.78 is 0. The van der Waals surface area contributed by atoms with E-state index in [2.05, 4.69) is 19.2 Å². The van der Waals surface area contributed by atoms with E-state index in [1.54, 1.807) is 0 Å². The molecule has 0 aliphatic heterocycles. The fourth-order valence-corrected chi connectivity index (χ4v) is 2.84. The maximum atomic E-state index is 10.6. The molecule has 0 amide bonds. The third-order valence-corrected chi connectivity index (χ3v) is 4.10. The number of hydrogen-bond acceptors (Lipinski definition) is 2. The van der Waals surface area contributed by atoms with Crippen LogP contribution in [-0.4, -0.2) is 23.8 Å². The Morgan fingerprint density at radius 3 is 2.29 bits per heavy atom. The van der Waals surface area contributed by atoms with Gasteiger partial charge in [-0.25, -0.2) is 0 Å². The van der Waals surface area contributed by atoms with E-state index in [-0.39, 0.29) is 0 Å². The number of nitrogens with one attached hydrogen (secondary N) is 1. The lowest BCUT2D eigenvalue weighted by Crippen LogP contribution is -2.38. The smallest absolute Gasteiger partial charge is 0.0659 e. The highest BCUT2D eigenvalue weighted by molar-refractivity contribution is 4.84. The Hall–Kier alpha value is -0.0800. The zero-order valence-electron chi connectivity index (χ0n) is 12.0. The molecule has 1 saturated carbocycles. The average Bonchev–Trinajstić information content (AvgIpc) is 2.53.